The lowest BCUT2D eigenvalue weighted by Crippen LogP contribution is -2.43. The van der Waals surface area contributed by atoms with Crippen molar-refractivity contribution in [1.29, 1.82) is 0 Å². The van der Waals surface area contributed by atoms with Crippen LogP contribution in [0.2, 0.25) is 0 Å². The van der Waals surface area contributed by atoms with Gasteiger partial charge in [0.05, 0.1) is 6.26 Å². The van der Waals surface area contributed by atoms with Crippen LogP contribution in [0.25, 0.3) is 0 Å². The predicted molar refractivity (Wildman–Crippen MR) is 106 cm³/mol. The van der Waals surface area contributed by atoms with Gasteiger partial charge < -0.3 is 24.7 Å². The molecule has 0 spiro atoms. The molecule has 0 saturated carbocycles. The van der Waals surface area contributed by atoms with E-state index in [0.29, 0.717) is 25.6 Å². The number of hydrogen-bond donors (Lipinski definition) is 2. The van der Waals surface area contributed by atoms with Crippen LogP contribution < -0.4 is 10.6 Å². The van der Waals surface area contributed by atoms with Gasteiger partial charge in [0.15, 0.2) is 5.96 Å². The lowest BCUT2D eigenvalue weighted by Gasteiger charge is -2.24. The molecule has 7 nitrogen and oxygen atoms in total. The molecule has 138 valence electrons. The number of nitrogens with one attached hydrogen (secondary N) is 2. The summed E-state index contributed by atoms with van der Waals surface area (Å²) >= 11 is 0. The predicted octanol–water partition coefficient (Wildman–Crippen LogP) is 2.82. The minimum atomic E-state index is -0.488. The van der Waals surface area contributed by atoms with Gasteiger partial charge in [-0.1, -0.05) is 0 Å². The van der Waals surface area contributed by atoms with Crippen molar-refractivity contribution in [3.05, 3.63) is 24.2 Å². The lowest BCUT2D eigenvalue weighted by atomic mass is 10.2. The van der Waals surface area contributed by atoms with Gasteiger partial charge in [-0.25, -0.2) is 9.79 Å². The summed E-state index contributed by atoms with van der Waals surface area (Å²) in [4.78, 5) is 17.8. The number of guanidine groups is 1. The molecular weight excluding hydrogens is 423 g/mol. The standard InChI is InChI=1S/C16H28N4O3.HI/c1-6-17-14(19-12-13-8-7-11-22-13)18-9-10-20(5)15(21)23-16(2,3)4;/h7-8,11H,6,9-10,12H2,1-5H3,(H2,17,18,19);1H. The molecule has 1 rings (SSSR count). The number of carbonyl (C=O) groups is 1. The number of likely N-dealkylation sites (N-methyl/N-ethyl adjacent to an activating group) is 1. The summed E-state index contributed by atoms with van der Waals surface area (Å²) in [6.45, 7) is 9.84. The zero-order valence-electron chi connectivity index (χ0n) is 15.1. The number of ether oxygens (including phenoxy) is 1. The number of furan rings is 1. The molecule has 0 unspecified atom stereocenters. The molecule has 1 heterocycles. The van der Waals surface area contributed by atoms with Gasteiger partial charge in [0, 0.05) is 26.7 Å². The molecule has 0 fully saturated rings. The van der Waals surface area contributed by atoms with Crippen LogP contribution in [0.15, 0.2) is 27.8 Å². The fourth-order valence-corrected chi connectivity index (χ4v) is 1.67. The van der Waals surface area contributed by atoms with Crippen molar-refractivity contribution in [2.75, 3.05) is 26.7 Å². The van der Waals surface area contributed by atoms with Gasteiger partial charge in [0.1, 0.15) is 17.9 Å². The van der Waals surface area contributed by atoms with Crippen LogP contribution in [0.5, 0.6) is 0 Å². The molecule has 0 aliphatic rings. The van der Waals surface area contributed by atoms with E-state index < -0.39 is 5.60 Å². The molecule has 0 bridgehead atoms. The molecule has 0 aliphatic carbocycles. The third kappa shape index (κ3) is 9.64. The highest BCUT2D eigenvalue weighted by Crippen LogP contribution is 2.08. The fourth-order valence-electron chi connectivity index (χ4n) is 1.67. The highest BCUT2D eigenvalue weighted by atomic mass is 127. The van der Waals surface area contributed by atoms with E-state index in [1.807, 2.05) is 39.8 Å². The first-order valence-corrected chi connectivity index (χ1v) is 7.80. The van der Waals surface area contributed by atoms with Gasteiger partial charge in [-0.05, 0) is 39.8 Å². The molecule has 0 aromatic carbocycles. The van der Waals surface area contributed by atoms with Crippen LogP contribution in [0.1, 0.15) is 33.5 Å². The minimum Gasteiger partial charge on any atom is -0.467 e. The minimum absolute atomic E-state index is 0. The number of amides is 1. The molecule has 1 aromatic rings. The zero-order valence-corrected chi connectivity index (χ0v) is 17.4. The van der Waals surface area contributed by atoms with E-state index >= 15 is 0 Å². The summed E-state index contributed by atoms with van der Waals surface area (Å²) < 4.78 is 10.6. The third-order valence-corrected chi connectivity index (χ3v) is 2.76. The number of carbonyl (C=O) groups excluding carboxylic acids is 1. The highest BCUT2D eigenvalue weighted by molar-refractivity contribution is 14.0. The van der Waals surface area contributed by atoms with E-state index in [1.165, 1.54) is 4.90 Å². The Balaban J connectivity index is 0.00000529. The Labute approximate surface area is 161 Å². The maximum atomic E-state index is 11.9. The summed E-state index contributed by atoms with van der Waals surface area (Å²) in [6, 6.07) is 3.71. The van der Waals surface area contributed by atoms with Gasteiger partial charge in [0.2, 0.25) is 0 Å². The van der Waals surface area contributed by atoms with Crippen molar-refractivity contribution in [3.8, 4) is 0 Å². The van der Waals surface area contributed by atoms with Crippen LogP contribution >= 0.6 is 24.0 Å². The molecular formula is C16H29IN4O3. The number of nitrogens with zero attached hydrogens (tertiary/aromatic N) is 2. The fraction of sp³-hybridized carbons (Fsp3) is 0.625. The molecule has 0 atom stereocenters. The Morgan fingerprint density at radius 2 is 2.08 bits per heavy atom. The van der Waals surface area contributed by atoms with E-state index in [4.69, 9.17) is 9.15 Å². The van der Waals surface area contributed by atoms with Crippen LogP contribution in [-0.4, -0.2) is 49.2 Å². The van der Waals surface area contributed by atoms with Crippen molar-refractivity contribution in [1.82, 2.24) is 15.5 Å². The number of halogens is 1. The maximum absolute atomic E-state index is 11.9. The third-order valence-electron chi connectivity index (χ3n) is 2.76. The summed E-state index contributed by atoms with van der Waals surface area (Å²) in [5, 5.41) is 6.33. The molecule has 0 radical (unpaired) electrons. The Kier molecular flexibility index (Phi) is 10.5. The second-order valence-electron chi connectivity index (χ2n) is 6.10. The van der Waals surface area contributed by atoms with Gasteiger partial charge in [-0.3, -0.25) is 0 Å². The Morgan fingerprint density at radius 1 is 1.38 bits per heavy atom. The zero-order chi connectivity index (χ0) is 17.3. The van der Waals surface area contributed by atoms with E-state index in [2.05, 4.69) is 15.6 Å². The topological polar surface area (TPSA) is 79.1 Å². The van der Waals surface area contributed by atoms with Crippen molar-refractivity contribution in [2.45, 2.75) is 39.8 Å². The molecule has 0 aliphatic heterocycles. The lowest BCUT2D eigenvalue weighted by molar-refractivity contribution is 0.0302. The first-order chi connectivity index (χ1) is 10.8. The van der Waals surface area contributed by atoms with Crippen molar-refractivity contribution < 1.29 is 13.9 Å². The summed E-state index contributed by atoms with van der Waals surface area (Å²) in [5.41, 5.74) is -0.488. The molecule has 2 N–H and O–H groups in total. The molecule has 1 aromatic heterocycles. The van der Waals surface area contributed by atoms with E-state index in [0.717, 1.165) is 12.3 Å². The van der Waals surface area contributed by atoms with Gasteiger partial charge in [-0.15, -0.1) is 24.0 Å². The smallest absolute Gasteiger partial charge is 0.410 e. The van der Waals surface area contributed by atoms with Crippen LogP contribution in [-0.2, 0) is 11.3 Å². The van der Waals surface area contributed by atoms with E-state index in [-0.39, 0.29) is 30.1 Å². The Morgan fingerprint density at radius 3 is 2.62 bits per heavy atom. The number of aliphatic imine (C=N–C) groups is 1. The van der Waals surface area contributed by atoms with Crippen molar-refractivity contribution in [3.63, 3.8) is 0 Å². The second kappa shape index (κ2) is 11.2. The SMILES string of the molecule is CCNC(=NCc1ccco1)NCCN(C)C(=O)OC(C)(C)C.I. The summed E-state index contributed by atoms with van der Waals surface area (Å²) in [5.74, 6) is 1.48. The van der Waals surface area contributed by atoms with Gasteiger partial charge in [0.25, 0.3) is 0 Å². The van der Waals surface area contributed by atoms with Crippen molar-refractivity contribution >= 4 is 36.0 Å². The molecule has 0 saturated heterocycles. The summed E-state index contributed by atoms with van der Waals surface area (Å²) in [6.07, 6.45) is 1.29. The molecule has 1 amide bonds. The number of rotatable bonds is 6. The Hall–Kier alpha value is -1.45. The second-order valence-corrected chi connectivity index (χ2v) is 6.10. The van der Waals surface area contributed by atoms with E-state index in [1.54, 1.807) is 13.3 Å². The Bertz CT molecular complexity index is 498. The van der Waals surface area contributed by atoms with Crippen LogP contribution in [0.3, 0.4) is 0 Å². The van der Waals surface area contributed by atoms with Gasteiger partial charge >= 0.3 is 6.09 Å². The average Bonchev–Trinajstić information content (AvgIpc) is 2.96. The average molecular weight is 452 g/mol. The first-order valence-electron chi connectivity index (χ1n) is 7.80. The number of hydrogen-bond acceptors (Lipinski definition) is 4. The largest absolute Gasteiger partial charge is 0.467 e. The monoisotopic (exact) mass is 452 g/mol. The highest BCUT2D eigenvalue weighted by Gasteiger charge is 2.19. The van der Waals surface area contributed by atoms with Gasteiger partial charge in [-0.2, -0.15) is 0 Å². The first kappa shape index (κ1) is 22.6. The summed E-state index contributed by atoms with van der Waals surface area (Å²) in [7, 11) is 1.71. The van der Waals surface area contributed by atoms with Crippen molar-refractivity contribution in [2.24, 2.45) is 4.99 Å². The van der Waals surface area contributed by atoms with Crippen LogP contribution in [0.4, 0.5) is 4.79 Å². The molecule has 24 heavy (non-hydrogen) atoms. The molecule has 8 heteroatoms. The normalized spacial score (nSPS) is 11.5. The quantitative estimate of drug-likeness (QED) is 0.394. The van der Waals surface area contributed by atoms with Crippen LogP contribution in [0, 0.1) is 0 Å². The maximum Gasteiger partial charge on any atom is 0.410 e. The van der Waals surface area contributed by atoms with E-state index in [9.17, 15) is 4.79 Å².